The first-order chi connectivity index (χ1) is 10.6. The Morgan fingerprint density at radius 3 is 2.30 bits per heavy atom. The van der Waals surface area contributed by atoms with E-state index < -0.39 is 6.10 Å². The van der Waals surface area contributed by atoms with Gasteiger partial charge in [0.15, 0.2) is 5.78 Å². The summed E-state index contributed by atoms with van der Waals surface area (Å²) < 4.78 is 12.8. The van der Waals surface area contributed by atoms with Crippen LogP contribution < -0.4 is 17.7 Å². The third-order valence-electron chi connectivity index (χ3n) is 3.41. The van der Waals surface area contributed by atoms with Crippen LogP contribution in [-0.4, -0.2) is 29.1 Å². The van der Waals surface area contributed by atoms with E-state index in [1.165, 1.54) is 24.3 Å². The minimum absolute atomic E-state index is 0. The Labute approximate surface area is 140 Å². The number of carbonyl (C=O) groups is 1. The highest BCUT2D eigenvalue weighted by Crippen LogP contribution is 2.12. The molecule has 0 aliphatic carbocycles. The van der Waals surface area contributed by atoms with E-state index in [1.807, 2.05) is 5.32 Å². The molecule has 4 N–H and O–H groups in total. The van der Waals surface area contributed by atoms with Gasteiger partial charge in [0.1, 0.15) is 24.2 Å². The van der Waals surface area contributed by atoms with Gasteiger partial charge < -0.3 is 27.9 Å². The van der Waals surface area contributed by atoms with Crippen LogP contribution in [0.4, 0.5) is 4.39 Å². The number of halogens is 2. The van der Waals surface area contributed by atoms with Crippen molar-refractivity contribution in [3.8, 4) is 5.75 Å². The molecule has 6 heteroatoms. The van der Waals surface area contributed by atoms with E-state index in [1.54, 1.807) is 24.3 Å². The number of aromatic hydroxyl groups is 1. The lowest BCUT2D eigenvalue weighted by Crippen LogP contribution is -3.00. The van der Waals surface area contributed by atoms with E-state index in [0.717, 1.165) is 0 Å². The van der Waals surface area contributed by atoms with Gasteiger partial charge in [0.25, 0.3) is 0 Å². The van der Waals surface area contributed by atoms with Gasteiger partial charge in [-0.3, -0.25) is 4.79 Å². The monoisotopic (exact) mass is 339 g/mol. The molecule has 124 valence electrons. The summed E-state index contributed by atoms with van der Waals surface area (Å²) in [7, 11) is 0. The number of quaternary nitrogens is 1. The van der Waals surface area contributed by atoms with Crippen molar-refractivity contribution in [3.05, 3.63) is 65.5 Å². The zero-order chi connectivity index (χ0) is 15.9. The first kappa shape index (κ1) is 19.1. The van der Waals surface area contributed by atoms with Crippen molar-refractivity contribution in [2.75, 3.05) is 13.1 Å². The third-order valence-corrected chi connectivity index (χ3v) is 3.41. The summed E-state index contributed by atoms with van der Waals surface area (Å²) in [4.78, 5) is 11.9. The molecule has 0 aliphatic heterocycles. The number of rotatable bonds is 7. The predicted octanol–water partition coefficient (Wildman–Crippen LogP) is -1.59. The maximum absolute atomic E-state index is 12.8. The van der Waals surface area contributed by atoms with E-state index in [2.05, 4.69) is 0 Å². The van der Waals surface area contributed by atoms with Gasteiger partial charge in [-0.25, -0.2) is 4.39 Å². The molecule has 1 atom stereocenters. The van der Waals surface area contributed by atoms with Crippen LogP contribution in [0.3, 0.4) is 0 Å². The zero-order valence-electron chi connectivity index (χ0n) is 12.5. The molecule has 0 saturated heterocycles. The van der Waals surface area contributed by atoms with Gasteiger partial charge in [-0.2, -0.15) is 0 Å². The first-order valence-corrected chi connectivity index (χ1v) is 7.13. The second kappa shape index (κ2) is 9.25. The Balaban J connectivity index is 0.00000264. The second-order valence-electron chi connectivity index (χ2n) is 5.10. The van der Waals surface area contributed by atoms with Gasteiger partial charge in [0, 0.05) is 5.56 Å². The lowest BCUT2D eigenvalue weighted by molar-refractivity contribution is -0.660. The molecule has 0 aliphatic rings. The largest absolute Gasteiger partial charge is 1.00 e. The Bertz CT molecular complexity index is 617. The van der Waals surface area contributed by atoms with Crippen LogP contribution in [0.25, 0.3) is 0 Å². The number of hydrogen-bond donors (Lipinski definition) is 3. The first-order valence-electron chi connectivity index (χ1n) is 7.13. The quantitative estimate of drug-likeness (QED) is 0.420. The lowest BCUT2D eigenvalue weighted by Gasteiger charge is -2.09. The fourth-order valence-electron chi connectivity index (χ4n) is 2.12. The number of phenolic OH excluding ortho intramolecular Hbond substituents is 1. The zero-order valence-corrected chi connectivity index (χ0v) is 13.2. The molecule has 0 heterocycles. The third kappa shape index (κ3) is 5.98. The molecule has 0 amide bonds. The topological polar surface area (TPSA) is 74.1 Å². The number of benzene rings is 2. The predicted molar refractivity (Wildman–Crippen MR) is 80.1 cm³/mol. The number of ketones is 1. The molecule has 2 aromatic rings. The van der Waals surface area contributed by atoms with Gasteiger partial charge in [0.05, 0.1) is 13.0 Å². The van der Waals surface area contributed by atoms with Crippen LogP contribution in [-0.2, 0) is 0 Å². The van der Waals surface area contributed by atoms with Crippen molar-refractivity contribution in [1.29, 1.82) is 0 Å². The van der Waals surface area contributed by atoms with Crippen LogP contribution in [0.1, 0.15) is 28.4 Å². The lowest BCUT2D eigenvalue weighted by atomic mass is 10.1. The van der Waals surface area contributed by atoms with Crippen molar-refractivity contribution in [3.63, 3.8) is 0 Å². The summed E-state index contributed by atoms with van der Waals surface area (Å²) in [6, 6.07) is 11.9. The van der Waals surface area contributed by atoms with Gasteiger partial charge in [-0.15, -0.1) is 0 Å². The minimum Gasteiger partial charge on any atom is -1.00 e. The Kier molecular flexibility index (Phi) is 7.68. The highest BCUT2D eigenvalue weighted by molar-refractivity contribution is 5.96. The highest BCUT2D eigenvalue weighted by Gasteiger charge is 2.11. The van der Waals surface area contributed by atoms with E-state index in [0.29, 0.717) is 30.6 Å². The van der Waals surface area contributed by atoms with Crippen LogP contribution in [0.15, 0.2) is 48.5 Å². The number of Topliss-reactive ketones (excluding diaryl/α,β-unsaturated/α-hetero) is 1. The van der Waals surface area contributed by atoms with Gasteiger partial charge in [-0.05, 0) is 42.0 Å². The smallest absolute Gasteiger partial charge is 0.168 e. The van der Waals surface area contributed by atoms with Crippen molar-refractivity contribution in [1.82, 2.24) is 0 Å². The molecule has 23 heavy (non-hydrogen) atoms. The van der Waals surface area contributed by atoms with Crippen LogP contribution >= 0.6 is 0 Å². The number of nitrogens with two attached hydrogens (primary N) is 1. The highest BCUT2D eigenvalue weighted by atomic mass is 35.5. The Morgan fingerprint density at radius 2 is 1.70 bits per heavy atom. The standard InChI is InChI=1S/C17H18FNO3.ClH/c18-14-5-1-13(2-6-14)17(22)11-19-10-9-16(21)12-3-7-15(20)8-4-12;/h1-8,17,19-20,22H,9-11H2;1H. The second-order valence-corrected chi connectivity index (χ2v) is 5.10. The summed E-state index contributed by atoms with van der Waals surface area (Å²) >= 11 is 0. The molecule has 0 radical (unpaired) electrons. The van der Waals surface area contributed by atoms with Crippen LogP contribution in [0.2, 0.25) is 0 Å². The number of phenols is 1. The van der Waals surface area contributed by atoms with Crippen molar-refractivity contribution in [2.45, 2.75) is 12.5 Å². The minimum atomic E-state index is -0.690. The van der Waals surface area contributed by atoms with Gasteiger partial charge in [0.2, 0.25) is 0 Å². The van der Waals surface area contributed by atoms with E-state index in [4.69, 9.17) is 0 Å². The van der Waals surface area contributed by atoms with Gasteiger partial charge in [-0.1, -0.05) is 12.1 Å². The molecule has 0 spiro atoms. The molecule has 0 bridgehead atoms. The molecule has 4 nitrogen and oxygen atoms in total. The average molecular weight is 340 g/mol. The summed E-state index contributed by atoms with van der Waals surface area (Å²) in [5.41, 5.74) is 1.22. The number of hydrogen-bond acceptors (Lipinski definition) is 3. The normalized spacial score (nSPS) is 11.6. The van der Waals surface area contributed by atoms with E-state index >= 15 is 0 Å². The molecular formula is C17H19ClFNO3. The molecule has 2 aromatic carbocycles. The Hall–Kier alpha value is -1.95. The Morgan fingerprint density at radius 1 is 1.09 bits per heavy atom. The molecule has 0 saturated carbocycles. The van der Waals surface area contributed by atoms with Crippen molar-refractivity contribution in [2.24, 2.45) is 0 Å². The molecule has 1 unspecified atom stereocenters. The number of aliphatic hydroxyl groups excluding tert-OH is 1. The van der Waals surface area contributed by atoms with Gasteiger partial charge >= 0.3 is 0 Å². The maximum Gasteiger partial charge on any atom is 0.168 e. The maximum atomic E-state index is 12.8. The summed E-state index contributed by atoms with van der Waals surface area (Å²) in [6.07, 6.45) is -0.342. The fraction of sp³-hybridized carbons (Fsp3) is 0.235. The van der Waals surface area contributed by atoms with Crippen LogP contribution in [0, 0.1) is 5.82 Å². The van der Waals surface area contributed by atoms with Crippen LogP contribution in [0.5, 0.6) is 5.75 Å². The molecule has 0 fully saturated rings. The molecule has 2 rings (SSSR count). The molecular weight excluding hydrogens is 321 g/mol. The van der Waals surface area contributed by atoms with Crippen molar-refractivity contribution >= 4 is 5.78 Å². The number of carbonyl (C=O) groups excluding carboxylic acids is 1. The summed E-state index contributed by atoms with van der Waals surface area (Å²) in [5, 5.41) is 21.0. The fourth-order valence-corrected chi connectivity index (χ4v) is 2.12. The molecule has 0 aromatic heterocycles. The SMILES string of the molecule is O=C(CC[NH2+]CC(O)c1ccc(F)cc1)c1ccc(O)cc1.[Cl-]. The van der Waals surface area contributed by atoms with E-state index in [9.17, 15) is 19.4 Å². The average Bonchev–Trinajstić information content (AvgIpc) is 2.52. The van der Waals surface area contributed by atoms with E-state index in [-0.39, 0.29) is 29.8 Å². The summed E-state index contributed by atoms with van der Waals surface area (Å²) in [6.45, 7) is 0.965. The van der Waals surface area contributed by atoms with Crippen molar-refractivity contribution < 1.29 is 37.1 Å². The number of aliphatic hydroxyl groups is 1. The summed E-state index contributed by atoms with van der Waals surface area (Å²) in [5.74, 6) is -0.211.